The quantitative estimate of drug-likeness (QED) is 0.483. The van der Waals surface area contributed by atoms with Crippen LogP contribution in [0.5, 0.6) is 5.75 Å². The minimum absolute atomic E-state index is 0.0520. The molecule has 21 heavy (non-hydrogen) atoms. The summed E-state index contributed by atoms with van der Waals surface area (Å²) in [4.78, 5) is 21.0. The van der Waals surface area contributed by atoms with Crippen LogP contribution in [0, 0.1) is 10.1 Å². The highest BCUT2D eigenvalue weighted by Gasteiger charge is 2.21. The lowest BCUT2D eigenvalue weighted by Crippen LogP contribution is -1.97. The highest BCUT2D eigenvalue weighted by atomic mass is 16.6. The number of aryl methyl sites for hydroxylation is 1. The Labute approximate surface area is 120 Å². The number of nitrogens with zero attached hydrogens (tertiary/aromatic N) is 1. The van der Waals surface area contributed by atoms with E-state index >= 15 is 0 Å². The van der Waals surface area contributed by atoms with Crippen molar-refractivity contribution >= 4 is 22.4 Å². The number of fused-ring (bicyclic) bond motifs is 1. The Bertz CT molecular complexity index is 696. The van der Waals surface area contributed by atoms with Gasteiger partial charge in [-0.25, -0.2) is 0 Å². The highest BCUT2D eigenvalue weighted by molar-refractivity contribution is 5.94. The number of aromatic hydroxyl groups is 1. The molecule has 0 spiro atoms. The van der Waals surface area contributed by atoms with E-state index in [-0.39, 0.29) is 17.9 Å². The molecule has 0 aromatic heterocycles. The number of nitro benzene ring substituents is 1. The molecule has 0 saturated carbocycles. The number of unbranched alkanes of at least 4 members (excludes halogenated alkanes) is 1. The molecule has 0 heterocycles. The second kappa shape index (κ2) is 6.21. The van der Waals surface area contributed by atoms with E-state index in [1.807, 2.05) is 0 Å². The Hall–Kier alpha value is -2.63. The van der Waals surface area contributed by atoms with E-state index in [0.717, 1.165) is 0 Å². The van der Waals surface area contributed by atoms with Crippen LogP contribution in [-0.4, -0.2) is 21.1 Å². The fraction of sp³-hybridized carbons (Fsp3) is 0.267. The summed E-state index contributed by atoms with van der Waals surface area (Å²) in [5.41, 5.74) is 0.187. The average Bonchev–Trinajstić information content (AvgIpc) is 2.43. The molecule has 0 radical (unpaired) electrons. The van der Waals surface area contributed by atoms with Crippen molar-refractivity contribution in [2.24, 2.45) is 0 Å². The summed E-state index contributed by atoms with van der Waals surface area (Å²) in [5.74, 6) is -1.20. The van der Waals surface area contributed by atoms with Crippen molar-refractivity contribution in [3.63, 3.8) is 0 Å². The molecule has 0 bridgehead atoms. The Balaban J connectivity index is 2.33. The third-order valence-corrected chi connectivity index (χ3v) is 3.34. The second-order valence-electron chi connectivity index (χ2n) is 4.81. The normalized spacial score (nSPS) is 10.7. The molecule has 0 aliphatic rings. The SMILES string of the molecule is O=C(O)CCCCc1cc2ccccc2c([N+](=O)[O-])c1O. The molecule has 6 heteroatoms. The molecule has 2 rings (SSSR count). The van der Waals surface area contributed by atoms with Gasteiger partial charge in [-0.3, -0.25) is 14.9 Å². The molecule has 110 valence electrons. The number of carboxylic acid groups (broad SMARTS) is 1. The van der Waals surface area contributed by atoms with Crippen LogP contribution in [0.2, 0.25) is 0 Å². The van der Waals surface area contributed by atoms with E-state index in [1.54, 1.807) is 30.3 Å². The van der Waals surface area contributed by atoms with Gasteiger partial charge in [0.15, 0.2) is 5.75 Å². The number of hydrogen-bond donors (Lipinski definition) is 2. The summed E-state index contributed by atoms with van der Waals surface area (Å²) in [7, 11) is 0. The number of aliphatic carboxylic acids is 1. The highest BCUT2D eigenvalue weighted by Crippen LogP contribution is 2.38. The van der Waals surface area contributed by atoms with Crippen LogP contribution in [0.1, 0.15) is 24.8 Å². The van der Waals surface area contributed by atoms with Gasteiger partial charge in [0.25, 0.3) is 0 Å². The van der Waals surface area contributed by atoms with Gasteiger partial charge in [-0.2, -0.15) is 0 Å². The van der Waals surface area contributed by atoms with Crippen molar-refractivity contribution in [2.75, 3.05) is 0 Å². The van der Waals surface area contributed by atoms with Crippen molar-refractivity contribution in [1.82, 2.24) is 0 Å². The monoisotopic (exact) mass is 289 g/mol. The summed E-state index contributed by atoms with van der Waals surface area (Å²) in [6.07, 6.45) is 1.48. The molecule has 0 unspecified atom stereocenters. The standard InChI is InChI=1S/C15H15NO5/c17-13(18)8-4-2-6-11-9-10-5-1-3-7-12(10)14(15(11)19)16(20)21/h1,3,5,7,9,19H,2,4,6,8H2,(H,17,18). The van der Waals surface area contributed by atoms with Crippen LogP contribution in [-0.2, 0) is 11.2 Å². The number of benzene rings is 2. The van der Waals surface area contributed by atoms with Gasteiger partial charge in [-0.1, -0.05) is 18.2 Å². The topological polar surface area (TPSA) is 101 Å². The maximum Gasteiger partial charge on any atom is 0.318 e. The van der Waals surface area contributed by atoms with Crippen molar-refractivity contribution in [3.05, 3.63) is 46.0 Å². The predicted octanol–water partition coefficient (Wildman–Crippen LogP) is 3.25. The number of hydrogen-bond acceptors (Lipinski definition) is 4. The molecule has 2 aromatic rings. The first-order valence-corrected chi connectivity index (χ1v) is 6.60. The van der Waals surface area contributed by atoms with Crippen LogP contribution in [0.25, 0.3) is 10.8 Å². The molecular formula is C15H15NO5. The maximum atomic E-state index is 11.2. The molecule has 0 aliphatic carbocycles. The van der Waals surface area contributed by atoms with Gasteiger partial charge in [-0.15, -0.1) is 0 Å². The maximum absolute atomic E-state index is 11.2. The van der Waals surface area contributed by atoms with Crippen LogP contribution < -0.4 is 0 Å². The molecule has 0 atom stereocenters. The van der Waals surface area contributed by atoms with Crippen molar-refractivity contribution in [3.8, 4) is 5.75 Å². The lowest BCUT2D eigenvalue weighted by atomic mass is 9.99. The fourth-order valence-electron chi connectivity index (χ4n) is 2.34. The van der Waals surface area contributed by atoms with Gasteiger partial charge < -0.3 is 10.2 Å². The van der Waals surface area contributed by atoms with Gasteiger partial charge in [0.2, 0.25) is 0 Å². The van der Waals surface area contributed by atoms with E-state index in [4.69, 9.17) is 5.11 Å². The molecule has 0 aliphatic heterocycles. The summed E-state index contributed by atoms with van der Waals surface area (Å²) in [5, 5.41) is 31.0. The van der Waals surface area contributed by atoms with Gasteiger partial charge in [0, 0.05) is 12.0 Å². The third-order valence-electron chi connectivity index (χ3n) is 3.34. The summed E-state index contributed by atoms with van der Waals surface area (Å²) in [6.45, 7) is 0. The predicted molar refractivity (Wildman–Crippen MR) is 77.5 cm³/mol. The van der Waals surface area contributed by atoms with Gasteiger partial charge in [0.1, 0.15) is 0 Å². The van der Waals surface area contributed by atoms with E-state index in [1.165, 1.54) is 0 Å². The zero-order valence-corrected chi connectivity index (χ0v) is 11.3. The van der Waals surface area contributed by atoms with E-state index in [2.05, 4.69) is 0 Å². The first-order valence-electron chi connectivity index (χ1n) is 6.60. The number of phenols is 1. The Morgan fingerprint density at radius 3 is 2.62 bits per heavy atom. The largest absolute Gasteiger partial charge is 0.502 e. The van der Waals surface area contributed by atoms with Crippen LogP contribution in [0.4, 0.5) is 5.69 Å². The number of rotatable bonds is 6. The third kappa shape index (κ3) is 3.28. The molecule has 2 N–H and O–H groups in total. The Morgan fingerprint density at radius 2 is 1.95 bits per heavy atom. The molecule has 6 nitrogen and oxygen atoms in total. The molecule has 0 saturated heterocycles. The lowest BCUT2D eigenvalue weighted by molar-refractivity contribution is -0.384. The van der Waals surface area contributed by atoms with Gasteiger partial charge >= 0.3 is 11.7 Å². The van der Waals surface area contributed by atoms with E-state index in [9.17, 15) is 20.0 Å². The zero-order valence-electron chi connectivity index (χ0n) is 11.3. The number of nitro groups is 1. The Morgan fingerprint density at radius 1 is 1.24 bits per heavy atom. The van der Waals surface area contributed by atoms with Gasteiger partial charge in [0.05, 0.1) is 10.3 Å². The number of carbonyl (C=O) groups is 1. The smallest absolute Gasteiger partial charge is 0.318 e. The van der Waals surface area contributed by atoms with Crippen molar-refractivity contribution < 1.29 is 19.9 Å². The molecule has 2 aromatic carbocycles. The van der Waals surface area contributed by atoms with E-state index < -0.39 is 10.9 Å². The fourth-order valence-corrected chi connectivity index (χ4v) is 2.34. The molecular weight excluding hydrogens is 274 g/mol. The molecule has 0 fully saturated rings. The summed E-state index contributed by atoms with van der Waals surface area (Å²) < 4.78 is 0. The number of carboxylic acids is 1. The van der Waals surface area contributed by atoms with Crippen LogP contribution >= 0.6 is 0 Å². The molecule has 0 amide bonds. The number of phenolic OH excluding ortho intramolecular Hbond substituents is 1. The Kier molecular flexibility index (Phi) is 4.37. The van der Waals surface area contributed by atoms with Crippen molar-refractivity contribution in [1.29, 1.82) is 0 Å². The first-order chi connectivity index (χ1) is 10.0. The summed E-state index contributed by atoms with van der Waals surface area (Å²) in [6, 6.07) is 8.53. The van der Waals surface area contributed by atoms with Crippen LogP contribution in [0.15, 0.2) is 30.3 Å². The lowest BCUT2D eigenvalue weighted by Gasteiger charge is -2.08. The minimum Gasteiger partial charge on any atom is -0.502 e. The average molecular weight is 289 g/mol. The first kappa shape index (κ1) is 14.8. The summed E-state index contributed by atoms with van der Waals surface area (Å²) >= 11 is 0. The van der Waals surface area contributed by atoms with Crippen LogP contribution in [0.3, 0.4) is 0 Å². The minimum atomic E-state index is -0.872. The van der Waals surface area contributed by atoms with E-state index in [0.29, 0.717) is 35.6 Å². The van der Waals surface area contributed by atoms with Crippen molar-refractivity contribution in [2.45, 2.75) is 25.7 Å². The van der Waals surface area contributed by atoms with Gasteiger partial charge in [-0.05, 0) is 36.8 Å². The second-order valence-corrected chi connectivity index (χ2v) is 4.81. The zero-order chi connectivity index (χ0) is 15.4.